The molecule has 0 spiro atoms. The van der Waals surface area contributed by atoms with Crippen molar-refractivity contribution in [3.8, 4) is 0 Å². The van der Waals surface area contributed by atoms with Crippen LogP contribution in [0.15, 0.2) is 18.7 Å². The molecule has 0 bridgehead atoms. The highest BCUT2D eigenvalue weighted by Gasteiger charge is 2.58. The van der Waals surface area contributed by atoms with E-state index < -0.39 is 57.7 Å². The molecule has 67 heavy (non-hydrogen) atoms. The quantitative estimate of drug-likeness (QED) is 0.0465. The van der Waals surface area contributed by atoms with E-state index >= 15 is 0 Å². The van der Waals surface area contributed by atoms with E-state index in [1.807, 2.05) is 6.08 Å². The molecule has 0 aromatic carbocycles. The lowest BCUT2D eigenvalue weighted by atomic mass is 9.86. The lowest BCUT2D eigenvalue weighted by Gasteiger charge is -2.56. The number of halogens is 1. The highest BCUT2D eigenvalue weighted by atomic mass is 127. The van der Waals surface area contributed by atoms with Crippen molar-refractivity contribution >= 4 is 55.9 Å². The molecule has 4 heterocycles. The Morgan fingerprint density at radius 2 is 1.31 bits per heavy atom. The number of alkyl halides is 1. The molecule has 0 amide bonds. The molecule has 0 aromatic rings. The second-order valence-electron chi connectivity index (χ2n) is 25.7. The summed E-state index contributed by atoms with van der Waals surface area (Å²) in [7, 11) is -8.96. The Kier molecular flexibility index (Phi) is 21.5. The normalized spacial score (nSPS) is 31.9. The number of hydrogen-bond donors (Lipinski definition) is 1. The van der Waals surface area contributed by atoms with Crippen LogP contribution >= 0.6 is 22.6 Å². The monoisotopic (exact) mass is 1120 g/mol. The summed E-state index contributed by atoms with van der Waals surface area (Å²) < 4.78 is 58.9. The van der Waals surface area contributed by atoms with Gasteiger partial charge in [0.2, 0.25) is 0 Å². The summed E-state index contributed by atoms with van der Waals surface area (Å²) in [4.78, 5) is 0. The van der Waals surface area contributed by atoms with E-state index in [2.05, 4.69) is 171 Å². The van der Waals surface area contributed by atoms with Crippen LogP contribution in [0.4, 0.5) is 0 Å². The Morgan fingerprint density at radius 1 is 0.746 bits per heavy atom. The maximum atomic E-state index is 11.9. The molecule has 4 fully saturated rings. The van der Waals surface area contributed by atoms with E-state index in [1.165, 1.54) is 0 Å². The van der Waals surface area contributed by atoms with Gasteiger partial charge in [-0.15, -0.1) is 0 Å². The molecule has 0 aromatic heterocycles. The highest BCUT2D eigenvalue weighted by Crippen LogP contribution is 2.48. The van der Waals surface area contributed by atoms with Crippen LogP contribution in [0.2, 0.25) is 72.5 Å². The van der Waals surface area contributed by atoms with Gasteiger partial charge in [0, 0.05) is 17.5 Å². The second kappa shape index (κ2) is 23.9. The van der Waals surface area contributed by atoms with Gasteiger partial charge in [-0.05, 0) is 136 Å². The molecular weight excluding hydrogens is 1020 g/mol. The molecule has 391 valence electrons. The van der Waals surface area contributed by atoms with Gasteiger partial charge in [0.05, 0.1) is 42.7 Å². The Labute approximate surface area is 429 Å². The Balaban J connectivity index is 1.70. The summed E-state index contributed by atoms with van der Waals surface area (Å²) in [6.45, 7) is 48.4. The van der Waals surface area contributed by atoms with Crippen LogP contribution in [0.25, 0.3) is 0 Å². The first-order valence-electron chi connectivity index (χ1n) is 26.6. The molecule has 4 saturated heterocycles. The van der Waals surface area contributed by atoms with Crippen LogP contribution in [0, 0.1) is 12.0 Å². The van der Waals surface area contributed by atoms with E-state index in [4.69, 9.17) is 36.7 Å². The van der Waals surface area contributed by atoms with E-state index in [0.29, 0.717) is 12.3 Å². The van der Waals surface area contributed by atoms with Crippen molar-refractivity contribution in [3.63, 3.8) is 0 Å². The average molecular weight is 1120 g/mol. The molecule has 1 unspecified atom stereocenters. The number of hydrogen-bond acceptors (Lipinski definition) is 9. The third kappa shape index (κ3) is 15.2. The van der Waals surface area contributed by atoms with Gasteiger partial charge >= 0.3 is 0 Å². The van der Waals surface area contributed by atoms with Gasteiger partial charge in [-0.3, -0.25) is 0 Å². The molecule has 9 nitrogen and oxygen atoms in total. The van der Waals surface area contributed by atoms with Gasteiger partial charge < -0.3 is 41.8 Å². The van der Waals surface area contributed by atoms with E-state index in [1.54, 1.807) is 0 Å². The molecule has 1 radical (unpaired) electrons. The number of fused-ring (bicyclic) bond motifs is 2. The fraction of sp³-hybridized carbons (Fsp3) is 0.925. The first-order valence-corrected chi connectivity index (χ1v) is 39.4. The third-order valence-corrected chi connectivity index (χ3v) is 37.2. The standard InChI is InChI=1S/C53H102IO9Si4/c1-21-38(5)35-41-29-32-45-53(37-54,60-41)36-42(57-45)27-25-39(55)26-30-44(61-64(15,16)50(6,7)8)47-49(63-66(19,20)52(12,13)14)48(62-65(17,18)51(9,10)11)46-43(59-47)31-28-40(58-46)33-34-56-67(22-2,23-3)24-4/h26,30,38-49,55H,1,22-25,27-29,31-37H2,2-20H3/b30-26+/t38-,39?,40+,41+,42-,43-,44-,45-,46-,47-,48-,49+,53+/m0/s1. The molecule has 4 aliphatic heterocycles. The van der Waals surface area contributed by atoms with Crippen LogP contribution in [0.1, 0.15) is 148 Å². The third-order valence-electron chi connectivity index (χ3n) is 17.8. The molecule has 13 atom stereocenters. The van der Waals surface area contributed by atoms with Crippen LogP contribution in [-0.2, 0) is 36.7 Å². The topological polar surface area (TPSA) is 94.1 Å². The maximum Gasteiger partial charge on any atom is 0.193 e. The van der Waals surface area contributed by atoms with Crippen LogP contribution in [0.3, 0.4) is 0 Å². The minimum atomic E-state index is -2.44. The fourth-order valence-electron chi connectivity index (χ4n) is 9.74. The number of ether oxygens (including phenoxy) is 4. The summed E-state index contributed by atoms with van der Waals surface area (Å²) >= 11 is 2.48. The molecule has 4 rings (SSSR count). The van der Waals surface area contributed by atoms with Gasteiger partial charge in [-0.1, -0.05) is 131 Å². The molecule has 1 N–H and O–H groups in total. The molecule has 0 aliphatic carbocycles. The van der Waals surface area contributed by atoms with Crippen LogP contribution < -0.4 is 0 Å². The van der Waals surface area contributed by atoms with Crippen molar-refractivity contribution in [1.82, 2.24) is 0 Å². The SMILES string of the molecule is C=[C][C@H](C)C[C@H]1CC[C@@H]2O[C@@H](CCC(O)/C=C/[C@H](O[Si](C)(C)C(C)(C)C)[C@@H]3O[C@H]4CC[C@H](CCO[Si](CC)(CC)CC)O[C@@H]4[C@H](O[Si](C)(C)C(C)(C)C)[C@@H]3O[Si](C)(C)C(C)(C)C)C[C@]2(CI)O1. The molecule has 14 heteroatoms. The second-order valence-corrected chi connectivity index (χ2v) is 45.5. The average Bonchev–Trinajstić information content (AvgIpc) is 3.61. The summed E-state index contributed by atoms with van der Waals surface area (Å²) in [5.41, 5.74) is -0.278. The van der Waals surface area contributed by atoms with Crippen molar-refractivity contribution < 1.29 is 41.8 Å². The fourth-order valence-corrected chi connectivity index (χ4v) is 17.2. The summed E-state index contributed by atoms with van der Waals surface area (Å²) in [5, 5.41) is 11.7. The van der Waals surface area contributed by atoms with Gasteiger partial charge in [0.25, 0.3) is 0 Å². The Morgan fingerprint density at radius 3 is 1.85 bits per heavy atom. The first-order chi connectivity index (χ1) is 30.8. The summed E-state index contributed by atoms with van der Waals surface area (Å²) in [6.07, 6.45) is 12.4. The number of allylic oxidation sites excluding steroid dienone is 1. The molecule has 0 saturated carbocycles. The van der Waals surface area contributed by atoms with Crippen LogP contribution in [0.5, 0.6) is 0 Å². The highest BCUT2D eigenvalue weighted by molar-refractivity contribution is 14.1. The van der Waals surface area contributed by atoms with Crippen molar-refractivity contribution in [2.24, 2.45) is 5.92 Å². The number of aliphatic hydroxyl groups is 1. The largest absolute Gasteiger partial charge is 0.417 e. The van der Waals surface area contributed by atoms with Gasteiger partial charge in [-0.25, -0.2) is 0 Å². The van der Waals surface area contributed by atoms with Crippen LogP contribution in [-0.4, -0.2) is 122 Å². The minimum absolute atomic E-state index is 0.0368. The van der Waals surface area contributed by atoms with Crippen molar-refractivity contribution in [2.75, 3.05) is 11.0 Å². The predicted molar refractivity (Wildman–Crippen MR) is 297 cm³/mol. The zero-order chi connectivity index (χ0) is 50.6. The Bertz CT molecular complexity index is 1560. The predicted octanol–water partition coefficient (Wildman–Crippen LogP) is 14.1. The van der Waals surface area contributed by atoms with Crippen molar-refractivity contribution in [2.45, 2.75) is 293 Å². The Hall–Kier alpha value is 0.718. The lowest BCUT2D eigenvalue weighted by molar-refractivity contribution is -0.267. The summed E-state index contributed by atoms with van der Waals surface area (Å²) in [6, 6.07) is 3.43. The van der Waals surface area contributed by atoms with E-state index in [0.717, 1.165) is 80.5 Å². The number of aliphatic hydroxyl groups excluding tert-OH is 1. The molecule has 4 aliphatic rings. The minimum Gasteiger partial charge on any atom is -0.417 e. The van der Waals surface area contributed by atoms with Gasteiger partial charge in [0.1, 0.15) is 30.0 Å². The van der Waals surface area contributed by atoms with Crippen molar-refractivity contribution in [3.05, 3.63) is 24.8 Å². The number of rotatable bonds is 23. The maximum absolute atomic E-state index is 11.9. The van der Waals surface area contributed by atoms with Gasteiger partial charge in [-0.2, -0.15) is 0 Å². The summed E-state index contributed by atoms with van der Waals surface area (Å²) in [5.74, 6) is 0.301. The van der Waals surface area contributed by atoms with Crippen molar-refractivity contribution in [1.29, 1.82) is 0 Å². The first kappa shape index (κ1) is 60.3. The zero-order valence-corrected chi connectivity index (χ0v) is 52.4. The smallest absolute Gasteiger partial charge is 0.193 e. The zero-order valence-electron chi connectivity index (χ0n) is 46.3. The molecular formula is C53H102IO9Si4. The van der Waals surface area contributed by atoms with E-state index in [9.17, 15) is 5.11 Å². The van der Waals surface area contributed by atoms with Gasteiger partial charge in [0.15, 0.2) is 33.3 Å². The lowest BCUT2D eigenvalue weighted by Crippen LogP contribution is -2.69. The van der Waals surface area contributed by atoms with E-state index in [-0.39, 0.29) is 63.4 Å².